The minimum atomic E-state index is -4.61. The molecule has 2 rings (SSSR count). The Balaban J connectivity index is 2.64. The minimum absolute atomic E-state index is 0.00965. The molecule has 0 fully saturated rings. The Kier molecular flexibility index (Phi) is 2.68. The van der Waals surface area contributed by atoms with E-state index in [-0.39, 0.29) is 16.9 Å². The van der Waals surface area contributed by atoms with Crippen LogP contribution >= 0.6 is 0 Å². The van der Waals surface area contributed by atoms with Crippen molar-refractivity contribution in [1.29, 1.82) is 0 Å². The van der Waals surface area contributed by atoms with Gasteiger partial charge >= 0.3 is 6.18 Å². The number of hydrogen-bond acceptors (Lipinski definition) is 3. The summed E-state index contributed by atoms with van der Waals surface area (Å²) in [5.41, 5.74) is 4.85. The van der Waals surface area contributed by atoms with Gasteiger partial charge in [-0.05, 0) is 6.07 Å². The highest BCUT2D eigenvalue weighted by Crippen LogP contribution is 2.42. The zero-order valence-electron chi connectivity index (χ0n) is 9.36. The van der Waals surface area contributed by atoms with E-state index in [0.717, 1.165) is 6.07 Å². The predicted molar refractivity (Wildman–Crippen MR) is 59.7 cm³/mol. The largest absolute Gasteiger partial charge is 0.507 e. The number of hydrogen-bond donors (Lipinski definition) is 2. The van der Waals surface area contributed by atoms with Gasteiger partial charge in [-0.25, -0.2) is 0 Å². The number of benzene rings is 1. The summed E-state index contributed by atoms with van der Waals surface area (Å²) in [6, 6.07) is 3.38. The molecule has 0 unspecified atom stereocenters. The van der Waals surface area contributed by atoms with E-state index in [2.05, 4.69) is 5.10 Å². The van der Waals surface area contributed by atoms with Gasteiger partial charge in [0, 0.05) is 18.2 Å². The van der Waals surface area contributed by atoms with Gasteiger partial charge < -0.3 is 10.8 Å². The number of nitrogens with two attached hydrogens (primary N) is 1. The van der Waals surface area contributed by atoms with Crippen molar-refractivity contribution < 1.29 is 18.3 Å². The molecule has 1 heterocycles. The molecule has 0 radical (unpaired) electrons. The van der Waals surface area contributed by atoms with Crippen LogP contribution in [-0.2, 0) is 13.2 Å². The maximum absolute atomic E-state index is 12.6. The summed E-state index contributed by atoms with van der Waals surface area (Å²) in [6.45, 7) is 0. The third-order valence-corrected chi connectivity index (χ3v) is 2.62. The topological polar surface area (TPSA) is 64.1 Å². The molecule has 0 aliphatic heterocycles. The Morgan fingerprint density at radius 2 is 1.94 bits per heavy atom. The number of nitrogen functional groups attached to an aromatic ring is 1. The summed E-state index contributed by atoms with van der Waals surface area (Å²) < 4.78 is 39.2. The molecule has 0 aliphatic carbocycles. The minimum Gasteiger partial charge on any atom is -0.507 e. The fraction of sp³-hybridized carbons (Fsp3) is 0.182. The smallest absolute Gasteiger partial charge is 0.419 e. The number of phenolic OH excluding ortho intramolecular Hbond substituents is 1. The zero-order chi connectivity index (χ0) is 13.5. The first-order valence-corrected chi connectivity index (χ1v) is 4.99. The summed E-state index contributed by atoms with van der Waals surface area (Å²) in [7, 11) is 1.56. The van der Waals surface area contributed by atoms with Crippen LogP contribution in [-0.4, -0.2) is 14.9 Å². The standard InChI is InChI=1S/C11H10F3N3O/c1-17-10(15)7(5-16-17)6-3-2-4-8(9(6)18)11(12,13)14/h2-5,18H,15H2,1H3. The number of anilines is 1. The van der Waals surface area contributed by atoms with Crippen molar-refractivity contribution in [3.8, 4) is 16.9 Å². The van der Waals surface area contributed by atoms with Gasteiger partial charge in [0.2, 0.25) is 0 Å². The lowest BCUT2D eigenvalue weighted by atomic mass is 10.0. The number of aryl methyl sites for hydroxylation is 1. The Hall–Kier alpha value is -2.18. The number of alkyl halides is 3. The molecule has 2 aromatic rings. The lowest BCUT2D eigenvalue weighted by Gasteiger charge is -2.12. The molecule has 0 saturated heterocycles. The number of para-hydroxylation sites is 1. The summed E-state index contributed by atoms with van der Waals surface area (Å²) in [5.74, 6) is -0.658. The van der Waals surface area contributed by atoms with Gasteiger partial charge in [-0.1, -0.05) is 12.1 Å². The lowest BCUT2D eigenvalue weighted by molar-refractivity contribution is -0.138. The second kappa shape index (κ2) is 3.94. The third-order valence-electron chi connectivity index (χ3n) is 2.62. The maximum Gasteiger partial charge on any atom is 0.419 e. The number of halogens is 3. The molecular weight excluding hydrogens is 247 g/mol. The maximum atomic E-state index is 12.6. The monoisotopic (exact) mass is 257 g/mol. The summed E-state index contributed by atoms with van der Waals surface area (Å²) in [5, 5.41) is 13.5. The molecule has 3 N–H and O–H groups in total. The normalized spacial score (nSPS) is 11.8. The number of aromatic hydroxyl groups is 1. The number of phenols is 1. The van der Waals surface area contributed by atoms with Crippen molar-refractivity contribution in [2.24, 2.45) is 7.05 Å². The van der Waals surface area contributed by atoms with Gasteiger partial charge in [0.05, 0.1) is 11.8 Å². The average molecular weight is 257 g/mol. The van der Waals surface area contributed by atoms with E-state index in [4.69, 9.17) is 5.73 Å². The van der Waals surface area contributed by atoms with Crippen molar-refractivity contribution in [2.75, 3.05) is 5.73 Å². The SMILES string of the molecule is Cn1ncc(-c2cccc(C(F)(F)F)c2O)c1N. The highest BCUT2D eigenvalue weighted by Gasteiger charge is 2.35. The van der Waals surface area contributed by atoms with Gasteiger partial charge in [-0.3, -0.25) is 4.68 Å². The Morgan fingerprint density at radius 1 is 1.28 bits per heavy atom. The van der Waals surface area contributed by atoms with Gasteiger partial charge in [-0.2, -0.15) is 18.3 Å². The fourth-order valence-corrected chi connectivity index (χ4v) is 1.64. The summed E-state index contributed by atoms with van der Waals surface area (Å²) in [4.78, 5) is 0. The zero-order valence-corrected chi connectivity index (χ0v) is 9.36. The summed E-state index contributed by atoms with van der Waals surface area (Å²) in [6.07, 6.45) is -3.30. The predicted octanol–water partition coefficient (Wildman–Crippen LogP) is 2.39. The fourth-order valence-electron chi connectivity index (χ4n) is 1.64. The average Bonchev–Trinajstić information content (AvgIpc) is 2.59. The Labute approximate surface area is 100 Å². The van der Waals surface area contributed by atoms with Crippen LogP contribution in [0.25, 0.3) is 11.1 Å². The highest BCUT2D eigenvalue weighted by atomic mass is 19.4. The van der Waals surface area contributed by atoms with Crippen molar-refractivity contribution >= 4 is 5.82 Å². The van der Waals surface area contributed by atoms with Crippen LogP contribution in [0.5, 0.6) is 5.75 Å². The molecule has 0 atom stereocenters. The number of nitrogens with zero attached hydrogens (tertiary/aromatic N) is 2. The van der Waals surface area contributed by atoms with Crippen LogP contribution in [0.2, 0.25) is 0 Å². The quantitative estimate of drug-likeness (QED) is 0.824. The first-order valence-electron chi connectivity index (χ1n) is 4.99. The summed E-state index contributed by atoms with van der Waals surface area (Å²) >= 11 is 0. The van der Waals surface area contributed by atoms with Crippen LogP contribution in [0.15, 0.2) is 24.4 Å². The van der Waals surface area contributed by atoms with Crippen molar-refractivity contribution in [2.45, 2.75) is 6.18 Å². The first-order chi connectivity index (χ1) is 8.32. The van der Waals surface area contributed by atoms with E-state index in [1.165, 1.54) is 23.0 Å². The van der Waals surface area contributed by atoms with Crippen LogP contribution in [0.1, 0.15) is 5.56 Å². The molecule has 0 spiro atoms. The van der Waals surface area contributed by atoms with Gasteiger partial charge in [0.1, 0.15) is 11.6 Å². The van der Waals surface area contributed by atoms with E-state index in [9.17, 15) is 18.3 Å². The molecular formula is C11H10F3N3O. The van der Waals surface area contributed by atoms with Crippen LogP contribution in [0.3, 0.4) is 0 Å². The highest BCUT2D eigenvalue weighted by molar-refractivity contribution is 5.79. The van der Waals surface area contributed by atoms with E-state index in [1.807, 2.05) is 0 Å². The van der Waals surface area contributed by atoms with Gasteiger partial charge in [0.25, 0.3) is 0 Å². The number of aromatic nitrogens is 2. The Bertz CT molecular complexity index is 590. The van der Waals surface area contributed by atoms with Crippen molar-refractivity contribution in [3.63, 3.8) is 0 Å². The van der Waals surface area contributed by atoms with Crippen molar-refractivity contribution in [3.05, 3.63) is 30.0 Å². The molecule has 1 aromatic heterocycles. The third kappa shape index (κ3) is 1.87. The number of rotatable bonds is 1. The van der Waals surface area contributed by atoms with Crippen LogP contribution in [0, 0.1) is 0 Å². The molecule has 0 bridgehead atoms. The second-order valence-electron chi connectivity index (χ2n) is 3.77. The van der Waals surface area contributed by atoms with E-state index >= 15 is 0 Å². The van der Waals surface area contributed by atoms with Gasteiger partial charge in [-0.15, -0.1) is 0 Å². The molecule has 0 aliphatic rings. The molecule has 7 heteroatoms. The van der Waals surface area contributed by atoms with Gasteiger partial charge in [0.15, 0.2) is 0 Å². The second-order valence-corrected chi connectivity index (χ2v) is 3.77. The lowest BCUT2D eigenvalue weighted by Crippen LogP contribution is -2.05. The molecule has 96 valence electrons. The molecule has 0 saturated carbocycles. The van der Waals surface area contributed by atoms with Crippen molar-refractivity contribution in [1.82, 2.24) is 9.78 Å². The molecule has 4 nitrogen and oxygen atoms in total. The van der Waals surface area contributed by atoms with Crippen LogP contribution in [0.4, 0.5) is 19.0 Å². The Morgan fingerprint density at radius 3 is 2.44 bits per heavy atom. The molecule has 1 aromatic carbocycles. The van der Waals surface area contributed by atoms with E-state index in [0.29, 0.717) is 0 Å². The van der Waals surface area contributed by atoms with Crippen LogP contribution < -0.4 is 5.73 Å². The van der Waals surface area contributed by atoms with E-state index in [1.54, 1.807) is 7.05 Å². The molecule has 18 heavy (non-hydrogen) atoms. The first kappa shape index (κ1) is 12.3. The van der Waals surface area contributed by atoms with E-state index < -0.39 is 17.5 Å². The molecule has 0 amide bonds.